The van der Waals surface area contributed by atoms with E-state index in [9.17, 15) is 9.59 Å². The van der Waals surface area contributed by atoms with Crippen molar-refractivity contribution in [2.45, 2.75) is 71.5 Å². The fourth-order valence-corrected chi connectivity index (χ4v) is 2.92. The number of amides is 2. The zero-order chi connectivity index (χ0) is 16.0. The summed E-state index contributed by atoms with van der Waals surface area (Å²) in [6, 6.07) is -0.692. The van der Waals surface area contributed by atoms with Crippen LogP contribution in [0.3, 0.4) is 0 Å². The van der Waals surface area contributed by atoms with Gasteiger partial charge in [-0.15, -0.1) is 0 Å². The van der Waals surface area contributed by atoms with E-state index in [-0.39, 0.29) is 29.9 Å². The first-order chi connectivity index (χ1) is 9.92. The largest absolute Gasteiger partial charge is 0.385 e. The molecule has 5 heteroatoms. The fourth-order valence-electron chi connectivity index (χ4n) is 2.92. The number of nitrogens with one attached hydrogen (secondary N) is 1. The summed E-state index contributed by atoms with van der Waals surface area (Å²) in [5.41, 5.74) is 0. The van der Waals surface area contributed by atoms with Crippen molar-refractivity contribution in [2.24, 2.45) is 5.92 Å². The molecule has 0 spiro atoms. The molecule has 1 saturated heterocycles. The smallest absolute Gasteiger partial charge is 0.246 e. The van der Waals surface area contributed by atoms with Crippen molar-refractivity contribution in [3.63, 3.8) is 0 Å². The predicted octanol–water partition coefficient (Wildman–Crippen LogP) is 1.95. The fraction of sp³-hybridized carbons (Fsp3) is 0.875. The predicted molar refractivity (Wildman–Crippen MR) is 82.9 cm³/mol. The number of rotatable bonds is 8. The summed E-state index contributed by atoms with van der Waals surface area (Å²) in [4.78, 5) is 26.9. The van der Waals surface area contributed by atoms with Crippen molar-refractivity contribution in [3.05, 3.63) is 0 Å². The Hall–Kier alpha value is -1.10. The Balaban J connectivity index is 2.91. The van der Waals surface area contributed by atoms with Gasteiger partial charge in [-0.2, -0.15) is 0 Å². The van der Waals surface area contributed by atoms with Crippen molar-refractivity contribution < 1.29 is 14.3 Å². The Morgan fingerprint density at radius 2 is 1.95 bits per heavy atom. The molecule has 21 heavy (non-hydrogen) atoms. The first-order valence-electron chi connectivity index (χ1n) is 8.03. The molecule has 0 radical (unpaired) electrons. The second-order valence-corrected chi connectivity index (χ2v) is 6.37. The van der Waals surface area contributed by atoms with Gasteiger partial charge in [0, 0.05) is 19.8 Å². The van der Waals surface area contributed by atoms with Crippen LogP contribution >= 0.6 is 0 Å². The second kappa shape index (κ2) is 8.37. The molecule has 0 bridgehead atoms. The third-order valence-electron chi connectivity index (χ3n) is 3.99. The Labute approximate surface area is 128 Å². The molecule has 0 aromatic carbocycles. The number of carbonyl (C=O) groups excluding carboxylic acids is 2. The van der Waals surface area contributed by atoms with Crippen molar-refractivity contribution in [2.75, 3.05) is 13.7 Å². The number of piperazine rings is 1. The highest BCUT2D eigenvalue weighted by Gasteiger charge is 2.41. The molecular weight excluding hydrogens is 268 g/mol. The van der Waals surface area contributed by atoms with Gasteiger partial charge in [-0.25, -0.2) is 0 Å². The van der Waals surface area contributed by atoms with Crippen LogP contribution < -0.4 is 5.32 Å². The molecule has 122 valence electrons. The summed E-state index contributed by atoms with van der Waals surface area (Å²) in [7, 11) is 1.66. The van der Waals surface area contributed by atoms with E-state index in [0.717, 1.165) is 12.8 Å². The topological polar surface area (TPSA) is 58.6 Å². The number of carbonyl (C=O) groups is 2. The van der Waals surface area contributed by atoms with Gasteiger partial charge in [-0.3, -0.25) is 9.59 Å². The van der Waals surface area contributed by atoms with Crippen molar-refractivity contribution >= 4 is 11.8 Å². The summed E-state index contributed by atoms with van der Waals surface area (Å²) < 4.78 is 5.11. The molecule has 1 fully saturated rings. The number of nitrogens with zero attached hydrogens (tertiary/aromatic N) is 1. The SMILES string of the molecule is CCCC1C(=O)NC(CC(C)C)C(=O)N1C(C)CCOC. The lowest BCUT2D eigenvalue weighted by Gasteiger charge is -2.42. The minimum atomic E-state index is -0.379. The molecule has 0 aliphatic carbocycles. The van der Waals surface area contributed by atoms with Crippen LogP contribution in [0.25, 0.3) is 0 Å². The molecule has 1 aliphatic heterocycles. The Morgan fingerprint density at radius 3 is 2.48 bits per heavy atom. The van der Waals surface area contributed by atoms with E-state index < -0.39 is 0 Å². The molecular formula is C16H30N2O3. The van der Waals surface area contributed by atoms with Crippen LogP contribution in [0.4, 0.5) is 0 Å². The molecule has 0 aromatic heterocycles. The van der Waals surface area contributed by atoms with Gasteiger partial charge in [0.2, 0.25) is 11.8 Å². The van der Waals surface area contributed by atoms with Crippen LogP contribution in [0, 0.1) is 5.92 Å². The zero-order valence-corrected chi connectivity index (χ0v) is 14.0. The number of hydrogen-bond acceptors (Lipinski definition) is 3. The molecule has 1 rings (SSSR count). The van der Waals surface area contributed by atoms with Gasteiger partial charge in [-0.05, 0) is 32.1 Å². The Kier molecular flexibility index (Phi) is 7.15. The lowest BCUT2D eigenvalue weighted by molar-refractivity contribution is -0.153. The van der Waals surface area contributed by atoms with Gasteiger partial charge in [0.25, 0.3) is 0 Å². The van der Waals surface area contributed by atoms with Crippen molar-refractivity contribution in [1.29, 1.82) is 0 Å². The standard InChI is InChI=1S/C16H30N2O3/c1-6-7-14-15(19)17-13(10-11(2)3)16(20)18(14)12(4)8-9-21-5/h11-14H,6-10H2,1-5H3,(H,17,19). The Bertz CT molecular complexity index is 357. The number of ether oxygens (including phenoxy) is 1. The summed E-state index contributed by atoms with van der Waals surface area (Å²) in [6.07, 6.45) is 3.04. The van der Waals surface area contributed by atoms with Gasteiger partial charge >= 0.3 is 0 Å². The van der Waals surface area contributed by atoms with Gasteiger partial charge in [0.05, 0.1) is 0 Å². The van der Waals surface area contributed by atoms with Crippen molar-refractivity contribution in [1.82, 2.24) is 10.2 Å². The highest BCUT2D eigenvalue weighted by Crippen LogP contribution is 2.22. The summed E-state index contributed by atoms with van der Waals surface area (Å²) in [5, 5.41) is 2.91. The van der Waals surface area contributed by atoms with Crippen LogP contribution in [-0.4, -0.2) is 48.6 Å². The maximum Gasteiger partial charge on any atom is 0.246 e. The maximum atomic E-state index is 12.8. The minimum Gasteiger partial charge on any atom is -0.385 e. The lowest BCUT2D eigenvalue weighted by Crippen LogP contribution is -2.65. The highest BCUT2D eigenvalue weighted by molar-refractivity contribution is 5.97. The van der Waals surface area contributed by atoms with Gasteiger partial charge < -0.3 is 15.0 Å². The summed E-state index contributed by atoms with van der Waals surface area (Å²) >= 11 is 0. The van der Waals surface area contributed by atoms with E-state index in [4.69, 9.17) is 4.74 Å². The van der Waals surface area contributed by atoms with Crippen LogP contribution in [0.1, 0.15) is 53.4 Å². The molecule has 0 saturated carbocycles. The lowest BCUT2D eigenvalue weighted by atomic mass is 9.95. The van der Waals surface area contributed by atoms with Gasteiger partial charge in [0.15, 0.2) is 0 Å². The molecule has 0 aromatic rings. The normalized spacial score (nSPS) is 24.4. The molecule has 3 atom stereocenters. The second-order valence-electron chi connectivity index (χ2n) is 6.37. The summed E-state index contributed by atoms with van der Waals surface area (Å²) in [5.74, 6) is 0.426. The van der Waals surface area contributed by atoms with Gasteiger partial charge in [0.1, 0.15) is 12.1 Å². The average molecular weight is 298 g/mol. The van der Waals surface area contributed by atoms with Crippen LogP contribution in [-0.2, 0) is 14.3 Å². The van der Waals surface area contributed by atoms with E-state index in [1.165, 1.54) is 0 Å². The molecule has 1 aliphatic rings. The van der Waals surface area contributed by atoms with E-state index >= 15 is 0 Å². The molecule has 1 heterocycles. The maximum absolute atomic E-state index is 12.8. The Morgan fingerprint density at radius 1 is 1.29 bits per heavy atom. The quantitative estimate of drug-likeness (QED) is 0.745. The third-order valence-corrected chi connectivity index (χ3v) is 3.99. The molecule has 3 unspecified atom stereocenters. The molecule has 1 N–H and O–H groups in total. The summed E-state index contributed by atoms with van der Waals surface area (Å²) in [6.45, 7) is 8.77. The van der Waals surface area contributed by atoms with Gasteiger partial charge in [-0.1, -0.05) is 27.2 Å². The first kappa shape index (κ1) is 18.0. The molecule has 2 amide bonds. The first-order valence-corrected chi connectivity index (χ1v) is 8.03. The van der Waals surface area contributed by atoms with Crippen LogP contribution in [0.5, 0.6) is 0 Å². The van der Waals surface area contributed by atoms with E-state index in [1.54, 1.807) is 12.0 Å². The zero-order valence-electron chi connectivity index (χ0n) is 14.0. The third kappa shape index (κ3) is 4.70. The van der Waals surface area contributed by atoms with Crippen LogP contribution in [0.15, 0.2) is 0 Å². The highest BCUT2D eigenvalue weighted by atomic mass is 16.5. The number of hydrogen-bond donors (Lipinski definition) is 1. The minimum absolute atomic E-state index is 0.00799. The van der Waals surface area contributed by atoms with E-state index in [0.29, 0.717) is 25.4 Å². The average Bonchev–Trinajstić information content (AvgIpc) is 2.41. The number of methoxy groups -OCH3 is 1. The van der Waals surface area contributed by atoms with Crippen molar-refractivity contribution in [3.8, 4) is 0 Å². The van der Waals surface area contributed by atoms with E-state index in [2.05, 4.69) is 19.2 Å². The van der Waals surface area contributed by atoms with Crippen LogP contribution in [0.2, 0.25) is 0 Å². The monoisotopic (exact) mass is 298 g/mol. The van der Waals surface area contributed by atoms with E-state index in [1.807, 2.05) is 13.8 Å². The molecule has 5 nitrogen and oxygen atoms in total.